The average molecular weight is 286 g/mol. The van der Waals surface area contributed by atoms with Gasteiger partial charge >= 0.3 is 0 Å². The number of aromatic nitrogens is 1. The molecule has 3 rings (SSSR count). The molecule has 109 valence electrons. The minimum Gasteiger partial charge on any atom is -0.369 e. The van der Waals surface area contributed by atoms with Gasteiger partial charge in [-0.3, -0.25) is 14.7 Å². The lowest BCUT2D eigenvalue weighted by Crippen LogP contribution is -2.35. The van der Waals surface area contributed by atoms with Crippen LogP contribution in [0.4, 0.5) is 10.1 Å². The van der Waals surface area contributed by atoms with Crippen LogP contribution in [0, 0.1) is 5.82 Å². The number of pyridine rings is 1. The molecule has 2 aromatic rings. The first-order chi connectivity index (χ1) is 10.2. The third-order valence-corrected chi connectivity index (χ3v) is 4.12. The van der Waals surface area contributed by atoms with Crippen molar-refractivity contribution in [3.8, 4) is 0 Å². The van der Waals surface area contributed by atoms with Gasteiger partial charge in [-0.25, -0.2) is 4.39 Å². The molecule has 1 aromatic carbocycles. The minimum absolute atomic E-state index is 0.252. The fourth-order valence-electron chi connectivity index (χ4n) is 2.86. The number of likely N-dealkylation sites (tertiary alicyclic amines) is 1. The highest BCUT2D eigenvalue weighted by Gasteiger charge is 2.25. The second kappa shape index (κ2) is 5.77. The zero-order chi connectivity index (χ0) is 14.8. The van der Waals surface area contributed by atoms with Crippen LogP contribution < -0.4 is 4.90 Å². The first kappa shape index (κ1) is 13.9. The summed E-state index contributed by atoms with van der Waals surface area (Å²) in [6, 6.07) is 6.91. The Hall–Kier alpha value is -2.01. The number of hydrogen-bond acceptors (Lipinski definition) is 4. The molecule has 0 bridgehead atoms. The predicted molar refractivity (Wildman–Crippen MR) is 80.6 cm³/mol. The Balaban J connectivity index is 1.81. The Labute approximate surface area is 123 Å². The van der Waals surface area contributed by atoms with Crippen LogP contribution in [-0.2, 0) is 4.79 Å². The first-order valence-corrected chi connectivity index (χ1v) is 7.03. The van der Waals surface area contributed by atoms with Crippen molar-refractivity contribution in [2.75, 3.05) is 31.6 Å². The highest BCUT2D eigenvalue weighted by Crippen LogP contribution is 2.24. The Morgan fingerprint density at radius 2 is 2.33 bits per heavy atom. The van der Waals surface area contributed by atoms with E-state index in [-0.39, 0.29) is 5.82 Å². The van der Waals surface area contributed by atoms with Gasteiger partial charge in [0, 0.05) is 31.6 Å². The van der Waals surface area contributed by atoms with Crippen molar-refractivity contribution in [2.45, 2.75) is 12.5 Å². The smallest absolute Gasteiger partial charge is 0.213 e. The van der Waals surface area contributed by atoms with Crippen molar-refractivity contribution in [1.82, 2.24) is 9.88 Å². The lowest BCUT2D eigenvalue weighted by atomic mass is 10.1. The molecule has 1 saturated heterocycles. The average Bonchev–Trinajstić information content (AvgIpc) is 2.94. The number of rotatable bonds is 4. The van der Waals surface area contributed by atoms with Gasteiger partial charge in [-0.05, 0) is 30.7 Å². The van der Waals surface area contributed by atoms with Crippen molar-refractivity contribution in [1.29, 1.82) is 0 Å². The fraction of sp³-hybridized carbons (Fsp3) is 0.375. The molecule has 0 aliphatic carbocycles. The second-order valence-corrected chi connectivity index (χ2v) is 5.46. The summed E-state index contributed by atoms with van der Waals surface area (Å²) in [6.45, 7) is 2.11. The largest absolute Gasteiger partial charge is 0.369 e. The highest BCUT2D eigenvalue weighted by atomic mass is 19.1. The molecule has 0 unspecified atom stereocenters. The Morgan fingerprint density at radius 3 is 3.14 bits per heavy atom. The zero-order valence-corrected chi connectivity index (χ0v) is 11.9. The number of anilines is 1. The van der Waals surface area contributed by atoms with Crippen molar-refractivity contribution in [3.05, 3.63) is 36.3 Å². The maximum atomic E-state index is 13.3. The molecule has 2 heterocycles. The molecule has 5 heteroatoms. The molecule has 1 aliphatic heterocycles. The third kappa shape index (κ3) is 2.88. The van der Waals surface area contributed by atoms with Gasteiger partial charge in [0.25, 0.3) is 0 Å². The van der Waals surface area contributed by atoms with Gasteiger partial charge in [-0.2, -0.15) is 0 Å². The molecule has 4 nitrogen and oxygen atoms in total. The normalized spacial score (nSPS) is 19.0. The number of benzene rings is 1. The molecular formula is C16H17FN3O. The lowest BCUT2D eigenvalue weighted by molar-refractivity contribution is 0.371. The standard InChI is InChI=1S/C16H17FN3O/c1-19(14-4-5-20(11-14)6-7-21)15-9-12-8-13(17)2-3-16(12)18-10-15/h2-3,8-10,14H,4-6,11H2,1H3/t14-/m0/s1. The summed E-state index contributed by atoms with van der Waals surface area (Å²) in [6.07, 6.45) is 4.76. The van der Waals surface area contributed by atoms with Crippen LogP contribution in [0.25, 0.3) is 10.9 Å². The lowest BCUT2D eigenvalue weighted by Gasteiger charge is -2.26. The van der Waals surface area contributed by atoms with Gasteiger partial charge in [-0.15, -0.1) is 0 Å². The van der Waals surface area contributed by atoms with Gasteiger partial charge in [-0.1, -0.05) is 0 Å². The van der Waals surface area contributed by atoms with Gasteiger partial charge in [0.15, 0.2) is 0 Å². The van der Waals surface area contributed by atoms with Crippen LogP contribution in [0.1, 0.15) is 6.42 Å². The fourth-order valence-corrected chi connectivity index (χ4v) is 2.86. The summed E-state index contributed by atoms with van der Waals surface area (Å²) in [5, 5.41) is 0.801. The highest BCUT2D eigenvalue weighted by molar-refractivity contribution is 5.81. The van der Waals surface area contributed by atoms with E-state index in [1.54, 1.807) is 6.07 Å². The third-order valence-electron chi connectivity index (χ3n) is 4.12. The van der Waals surface area contributed by atoms with E-state index in [0.29, 0.717) is 12.6 Å². The van der Waals surface area contributed by atoms with Gasteiger partial charge in [0.1, 0.15) is 5.82 Å². The van der Waals surface area contributed by atoms with Gasteiger partial charge < -0.3 is 4.90 Å². The molecule has 0 saturated carbocycles. The van der Waals surface area contributed by atoms with Crippen molar-refractivity contribution in [3.63, 3.8) is 0 Å². The Bertz CT molecular complexity index is 661. The van der Waals surface area contributed by atoms with Crippen LogP contribution >= 0.6 is 0 Å². The number of fused-ring (bicyclic) bond motifs is 1. The predicted octanol–water partition coefficient (Wildman–Crippen LogP) is 1.99. The van der Waals surface area contributed by atoms with Crippen molar-refractivity contribution in [2.24, 2.45) is 0 Å². The van der Waals surface area contributed by atoms with Crippen LogP contribution in [0.3, 0.4) is 0 Å². The topological polar surface area (TPSA) is 36.4 Å². The summed E-state index contributed by atoms with van der Waals surface area (Å²) in [5.41, 5.74) is 1.76. The molecule has 1 atom stereocenters. The molecule has 1 radical (unpaired) electrons. The molecule has 1 fully saturated rings. The van der Waals surface area contributed by atoms with E-state index in [1.165, 1.54) is 12.1 Å². The van der Waals surface area contributed by atoms with Crippen LogP contribution in [0.15, 0.2) is 30.5 Å². The van der Waals surface area contributed by atoms with Gasteiger partial charge in [0.05, 0.1) is 23.9 Å². The second-order valence-electron chi connectivity index (χ2n) is 5.46. The molecular weight excluding hydrogens is 269 g/mol. The monoisotopic (exact) mass is 286 g/mol. The van der Waals surface area contributed by atoms with E-state index in [9.17, 15) is 9.18 Å². The van der Waals surface area contributed by atoms with Gasteiger partial charge in [0.2, 0.25) is 6.29 Å². The van der Waals surface area contributed by atoms with E-state index in [2.05, 4.69) is 14.8 Å². The summed E-state index contributed by atoms with van der Waals surface area (Å²) in [5.74, 6) is -0.252. The molecule has 21 heavy (non-hydrogen) atoms. The van der Waals surface area contributed by atoms with Crippen LogP contribution in [-0.4, -0.2) is 48.9 Å². The summed E-state index contributed by atoms with van der Waals surface area (Å²) in [7, 11) is 2.01. The van der Waals surface area contributed by atoms with E-state index in [4.69, 9.17) is 0 Å². The Kier molecular flexibility index (Phi) is 3.84. The number of halogens is 1. The number of likely N-dealkylation sites (N-methyl/N-ethyl adjacent to an activating group) is 1. The summed E-state index contributed by atoms with van der Waals surface area (Å²) in [4.78, 5) is 19.1. The van der Waals surface area contributed by atoms with Crippen molar-refractivity contribution >= 4 is 22.9 Å². The number of hydrogen-bond donors (Lipinski definition) is 0. The Morgan fingerprint density at radius 1 is 1.48 bits per heavy atom. The molecule has 0 spiro atoms. The zero-order valence-electron chi connectivity index (χ0n) is 11.9. The molecule has 0 amide bonds. The quantitative estimate of drug-likeness (QED) is 0.861. The van der Waals surface area contributed by atoms with E-state index >= 15 is 0 Å². The maximum Gasteiger partial charge on any atom is 0.213 e. The first-order valence-electron chi connectivity index (χ1n) is 7.03. The van der Waals surface area contributed by atoms with Crippen LogP contribution in [0.5, 0.6) is 0 Å². The van der Waals surface area contributed by atoms with E-state index < -0.39 is 0 Å². The van der Waals surface area contributed by atoms with Crippen LogP contribution in [0.2, 0.25) is 0 Å². The molecule has 1 aliphatic rings. The number of nitrogens with zero attached hydrogens (tertiary/aromatic N) is 3. The van der Waals surface area contributed by atoms with E-state index in [1.807, 2.05) is 25.6 Å². The SMILES string of the molecule is CN(c1cnc2ccc(F)cc2c1)[C@H]1CCN(C[C]=O)C1. The number of carbonyl (C=O) groups excluding carboxylic acids is 1. The minimum atomic E-state index is -0.252. The molecule has 0 N–H and O–H groups in total. The van der Waals surface area contributed by atoms with E-state index in [0.717, 1.165) is 36.1 Å². The van der Waals surface area contributed by atoms with Crippen molar-refractivity contribution < 1.29 is 9.18 Å². The maximum absolute atomic E-state index is 13.3. The molecule has 1 aromatic heterocycles. The summed E-state index contributed by atoms with van der Waals surface area (Å²) >= 11 is 0. The summed E-state index contributed by atoms with van der Waals surface area (Å²) < 4.78 is 13.3.